The molecule has 1 amide bonds. The van der Waals surface area contributed by atoms with Gasteiger partial charge in [0.2, 0.25) is 5.91 Å². The fourth-order valence-corrected chi connectivity index (χ4v) is 5.98. The van der Waals surface area contributed by atoms with Crippen LogP contribution in [0.15, 0.2) is 85.7 Å². The molecule has 11 nitrogen and oxygen atoms in total. The van der Waals surface area contributed by atoms with Gasteiger partial charge in [-0.05, 0) is 61.4 Å². The van der Waals surface area contributed by atoms with Crippen LogP contribution in [0.4, 0.5) is 33.1 Å². The predicted octanol–water partition coefficient (Wildman–Crippen LogP) is 6.18. The van der Waals surface area contributed by atoms with Crippen LogP contribution in [0.2, 0.25) is 0 Å². The number of methoxy groups -OCH3 is 1. The van der Waals surface area contributed by atoms with Crippen LogP contribution in [0, 0.1) is 5.82 Å². The summed E-state index contributed by atoms with van der Waals surface area (Å²) < 4.78 is 25.4. The van der Waals surface area contributed by atoms with E-state index in [0.717, 1.165) is 50.4 Å². The lowest BCUT2D eigenvalue weighted by Crippen LogP contribution is -2.46. The van der Waals surface area contributed by atoms with E-state index in [1.807, 2.05) is 47.5 Å². The van der Waals surface area contributed by atoms with Crippen molar-refractivity contribution in [1.29, 1.82) is 0 Å². The van der Waals surface area contributed by atoms with Crippen molar-refractivity contribution in [3.63, 3.8) is 0 Å². The number of nitrogens with one attached hydrogen (secondary N) is 2. The van der Waals surface area contributed by atoms with E-state index in [1.165, 1.54) is 24.5 Å². The molecular formula is C36H40FN7O4. The quantitative estimate of drug-likeness (QED) is 0.172. The Morgan fingerprint density at radius 3 is 2.58 bits per heavy atom. The van der Waals surface area contributed by atoms with Crippen molar-refractivity contribution in [3.05, 3.63) is 97.1 Å². The molecule has 3 heterocycles. The molecule has 48 heavy (non-hydrogen) atoms. The third-order valence-corrected chi connectivity index (χ3v) is 8.48. The number of hydrogen-bond acceptors (Lipinski definition) is 10. The first-order chi connectivity index (χ1) is 23.4. The molecule has 1 aromatic heterocycles. The smallest absolute Gasteiger partial charge is 0.247 e. The summed E-state index contributed by atoms with van der Waals surface area (Å²) in [5, 5.41) is 8.15. The van der Waals surface area contributed by atoms with E-state index in [0.29, 0.717) is 53.3 Å². The van der Waals surface area contributed by atoms with E-state index in [4.69, 9.17) is 14.3 Å². The van der Waals surface area contributed by atoms with Gasteiger partial charge in [0.05, 0.1) is 36.8 Å². The van der Waals surface area contributed by atoms with Crippen LogP contribution < -0.4 is 30.1 Å². The van der Waals surface area contributed by atoms with Crippen LogP contribution >= 0.6 is 0 Å². The van der Waals surface area contributed by atoms with Gasteiger partial charge in [-0.15, -0.1) is 0 Å². The molecule has 250 valence electrons. The van der Waals surface area contributed by atoms with Gasteiger partial charge in [0.1, 0.15) is 35.2 Å². The average molecular weight is 654 g/mol. The van der Waals surface area contributed by atoms with Gasteiger partial charge in [0.25, 0.3) is 0 Å². The number of carbonyl (C=O) groups is 1. The first-order valence-electron chi connectivity index (χ1n) is 16.1. The molecule has 12 heteroatoms. The Hall–Kier alpha value is -5.20. The molecule has 0 aliphatic carbocycles. The van der Waals surface area contributed by atoms with Crippen molar-refractivity contribution >= 4 is 34.6 Å². The van der Waals surface area contributed by atoms with Crippen LogP contribution in [-0.2, 0) is 16.1 Å². The minimum absolute atomic E-state index is 0.0138. The number of likely N-dealkylation sites (N-methyl/N-ethyl adjacent to an activating group) is 1. The third-order valence-electron chi connectivity index (χ3n) is 8.48. The second-order valence-corrected chi connectivity index (χ2v) is 11.6. The number of nitrogens with zero attached hydrogens (tertiary/aromatic N) is 5. The van der Waals surface area contributed by atoms with Crippen molar-refractivity contribution in [1.82, 2.24) is 14.9 Å². The molecule has 3 aromatic carbocycles. The van der Waals surface area contributed by atoms with E-state index >= 15 is 0 Å². The SMILES string of the molecule is C=CC(=O)Nc1cc(Nc2cc(N3OCC[C@@H]3Cc3cccc(Oc4cccc(F)c4)c3)ncn2)c(OC)cc1N1CCN(CC)CC1. The maximum absolute atomic E-state index is 13.7. The fraction of sp³-hybridized carbons (Fsp3) is 0.306. The van der Waals surface area contributed by atoms with E-state index in [1.54, 1.807) is 19.2 Å². The van der Waals surface area contributed by atoms with Gasteiger partial charge < -0.3 is 29.9 Å². The number of hydroxylamine groups is 1. The molecule has 1 atom stereocenters. The number of amides is 1. The second kappa shape index (κ2) is 15.1. The lowest BCUT2D eigenvalue weighted by atomic mass is 10.0. The Labute approximate surface area is 279 Å². The van der Waals surface area contributed by atoms with Gasteiger partial charge in [0.15, 0.2) is 5.82 Å². The molecule has 6 rings (SSSR count). The number of rotatable bonds is 12. The molecule has 2 saturated heterocycles. The summed E-state index contributed by atoms with van der Waals surface area (Å²) in [5.74, 6) is 2.16. The van der Waals surface area contributed by atoms with Crippen molar-refractivity contribution < 1.29 is 23.5 Å². The third kappa shape index (κ3) is 7.84. The molecule has 0 saturated carbocycles. The zero-order valence-corrected chi connectivity index (χ0v) is 27.2. The summed E-state index contributed by atoms with van der Waals surface area (Å²) in [5.41, 5.74) is 3.21. The predicted molar refractivity (Wildman–Crippen MR) is 185 cm³/mol. The summed E-state index contributed by atoms with van der Waals surface area (Å²) in [6.07, 6.45) is 4.22. The molecule has 0 bridgehead atoms. The average Bonchev–Trinajstić information content (AvgIpc) is 3.57. The fourth-order valence-electron chi connectivity index (χ4n) is 5.98. The Morgan fingerprint density at radius 2 is 1.83 bits per heavy atom. The molecule has 0 unspecified atom stereocenters. The van der Waals surface area contributed by atoms with E-state index in [-0.39, 0.29) is 17.8 Å². The van der Waals surface area contributed by atoms with Crippen LogP contribution in [0.5, 0.6) is 17.2 Å². The number of carbonyl (C=O) groups excluding carboxylic acids is 1. The van der Waals surface area contributed by atoms with Crippen molar-refractivity contribution in [3.8, 4) is 17.2 Å². The molecule has 0 spiro atoms. The van der Waals surface area contributed by atoms with Crippen LogP contribution in [0.1, 0.15) is 18.9 Å². The number of piperazine rings is 1. The number of halogens is 1. The molecule has 0 radical (unpaired) electrons. The van der Waals surface area contributed by atoms with E-state index in [9.17, 15) is 9.18 Å². The number of anilines is 5. The van der Waals surface area contributed by atoms with Crippen LogP contribution in [0.3, 0.4) is 0 Å². The first-order valence-corrected chi connectivity index (χ1v) is 16.1. The maximum Gasteiger partial charge on any atom is 0.247 e. The first kappa shape index (κ1) is 32.7. The van der Waals surface area contributed by atoms with Gasteiger partial charge in [-0.3, -0.25) is 9.63 Å². The number of benzene rings is 3. The van der Waals surface area contributed by atoms with Crippen molar-refractivity contribution in [2.45, 2.75) is 25.8 Å². The molecule has 2 aliphatic rings. The highest BCUT2D eigenvalue weighted by Crippen LogP contribution is 2.39. The highest BCUT2D eigenvalue weighted by Gasteiger charge is 2.28. The zero-order chi connectivity index (χ0) is 33.5. The molecule has 4 aromatic rings. The minimum Gasteiger partial charge on any atom is -0.494 e. The van der Waals surface area contributed by atoms with E-state index < -0.39 is 0 Å². The van der Waals surface area contributed by atoms with Crippen molar-refractivity contribution in [2.75, 3.05) is 67.0 Å². The Morgan fingerprint density at radius 1 is 1.04 bits per heavy atom. The van der Waals surface area contributed by atoms with Crippen LogP contribution in [0.25, 0.3) is 0 Å². The van der Waals surface area contributed by atoms with Gasteiger partial charge >= 0.3 is 0 Å². The summed E-state index contributed by atoms with van der Waals surface area (Å²) in [6, 6.07) is 19.5. The van der Waals surface area contributed by atoms with Gasteiger partial charge in [-0.25, -0.2) is 19.4 Å². The largest absolute Gasteiger partial charge is 0.494 e. The summed E-state index contributed by atoms with van der Waals surface area (Å²) >= 11 is 0. The number of hydrogen-bond donors (Lipinski definition) is 2. The molecule has 2 aliphatic heterocycles. The summed E-state index contributed by atoms with van der Waals surface area (Å²) in [7, 11) is 1.62. The van der Waals surface area contributed by atoms with Gasteiger partial charge in [-0.1, -0.05) is 31.7 Å². The minimum atomic E-state index is -0.350. The van der Waals surface area contributed by atoms with Crippen LogP contribution in [-0.4, -0.2) is 73.3 Å². The summed E-state index contributed by atoms with van der Waals surface area (Å²) in [4.78, 5) is 32.1. The zero-order valence-electron chi connectivity index (χ0n) is 27.2. The number of ether oxygens (including phenoxy) is 2. The lowest BCUT2D eigenvalue weighted by Gasteiger charge is -2.36. The highest BCUT2D eigenvalue weighted by molar-refractivity contribution is 6.02. The molecule has 2 N–H and O–H groups in total. The standard InChI is InChI=1S/C36H40FN7O4/c1-4-36(45)41-30-21-31(33(46-3)22-32(30)43-15-13-42(5-2)14-16-43)40-34-23-35(39-24-38-34)44-27(12-17-47-44)18-25-8-6-10-28(19-25)48-29-11-7-9-26(37)20-29/h4,6-11,19-24,27H,1,5,12-18H2,2-3H3,(H,41,45)(H,38,39,40)/t27-/m1/s1. The van der Waals surface area contributed by atoms with Gasteiger partial charge in [0, 0.05) is 44.4 Å². The maximum atomic E-state index is 13.7. The topological polar surface area (TPSA) is 104 Å². The Balaban J connectivity index is 1.20. The molecule has 2 fully saturated rings. The van der Waals surface area contributed by atoms with Crippen molar-refractivity contribution in [2.24, 2.45) is 0 Å². The highest BCUT2D eigenvalue weighted by atomic mass is 19.1. The Kier molecular flexibility index (Phi) is 10.3. The number of aromatic nitrogens is 2. The summed E-state index contributed by atoms with van der Waals surface area (Å²) in [6.45, 7) is 10.9. The van der Waals surface area contributed by atoms with E-state index in [2.05, 4.69) is 43.9 Å². The van der Waals surface area contributed by atoms with Gasteiger partial charge in [-0.2, -0.15) is 0 Å². The second-order valence-electron chi connectivity index (χ2n) is 11.6. The molecular weight excluding hydrogens is 613 g/mol. The normalized spacial score (nSPS) is 16.4. The monoisotopic (exact) mass is 653 g/mol. The lowest BCUT2D eigenvalue weighted by molar-refractivity contribution is -0.111. The Bertz CT molecular complexity index is 1750.